The van der Waals surface area contributed by atoms with Crippen molar-refractivity contribution in [2.45, 2.75) is 26.3 Å². The van der Waals surface area contributed by atoms with E-state index in [-0.39, 0.29) is 11.8 Å². The number of nitrogens with two attached hydrogens (primary N) is 1. The van der Waals surface area contributed by atoms with E-state index >= 15 is 0 Å². The van der Waals surface area contributed by atoms with E-state index in [1.165, 1.54) is 0 Å². The highest BCUT2D eigenvalue weighted by Crippen LogP contribution is 2.08. The first-order chi connectivity index (χ1) is 6.50. The first-order valence-electron chi connectivity index (χ1n) is 4.78. The summed E-state index contributed by atoms with van der Waals surface area (Å²) < 4.78 is 1.62. The number of carbonyl (C=O) groups is 1. The fraction of sp³-hybridized carbons (Fsp3) is 0.600. The average molecular weight is 195 g/mol. The Morgan fingerprint density at radius 2 is 2.29 bits per heavy atom. The van der Waals surface area contributed by atoms with Gasteiger partial charge >= 0.3 is 0 Å². The zero-order chi connectivity index (χ0) is 10.7. The van der Waals surface area contributed by atoms with Crippen LogP contribution < -0.4 is 5.73 Å². The van der Waals surface area contributed by atoms with Crippen LogP contribution >= 0.6 is 0 Å². The molecule has 1 aromatic heterocycles. The topological polar surface area (TPSA) is 60.9 Å². The molecule has 0 aliphatic carbocycles. The fourth-order valence-electron chi connectivity index (χ4n) is 1.13. The smallest absolute Gasteiger partial charge is 0.167 e. The Kier molecular flexibility index (Phi) is 3.41. The molecule has 0 fully saturated rings. The maximum atomic E-state index is 11.6. The lowest BCUT2D eigenvalue weighted by Crippen LogP contribution is -2.29. The lowest BCUT2D eigenvalue weighted by Gasteiger charge is -2.13. The molecule has 0 aromatic carbocycles. The van der Waals surface area contributed by atoms with Gasteiger partial charge < -0.3 is 5.73 Å². The fourth-order valence-corrected chi connectivity index (χ4v) is 1.13. The number of aryl methyl sites for hydroxylation is 1. The SMILES string of the molecule is CC(C)C(N)CC(=O)c1cnn(C)c1. The number of Topliss-reactive ketones (excluding diaryl/α,β-unsaturated/α-hetero) is 1. The number of aromatic nitrogens is 2. The highest BCUT2D eigenvalue weighted by atomic mass is 16.1. The molecule has 0 aliphatic rings. The van der Waals surface area contributed by atoms with Crippen molar-refractivity contribution in [3.05, 3.63) is 18.0 Å². The van der Waals surface area contributed by atoms with Gasteiger partial charge in [-0.25, -0.2) is 0 Å². The molecule has 1 heterocycles. The lowest BCUT2D eigenvalue weighted by molar-refractivity contribution is 0.0967. The molecule has 1 aromatic rings. The summed E-state index contributed by atoms with van der Waals surface area (Å²) in [5.74, 6) is 0.398. The summed E-state index contributed by atoms with van der Waals surface area (Å²) in [5.41, 5.74) is 6.46. The second kappa shape index (κ2) is 4.37. The van der Waals surface area contributed by atoms with E-state index in [1.54, 1.807) is 24.1 Å². The van der Waals surface area contributed by atoms with E-state index in [0.29, 0.717) is 17.9 Å². The summed E-state index contributed by atoms with van der Waals surface area (Å²) in [5, 5.41) is 3.94. The predicted molar refractivity (Wildman–Crippen MR) is 55.0 cm³/mol. The van der Waals surface area contributed by atoms with E-state index < -0.39 is 0 Å². The molecule has 0 saturated carbocycles. The van der Waals surface area contributed by atoms with Crippen molar-refractivity contribution < 1.29 is 4.79 Å². The van der Waals surface area contributed by atoms with Gasteiger partial charge in [0.25, 0.3) is 0 Å². The molecule has 0 spiro atoms. The van der Waals surface area contributed by atoms with Gasteiger partial charge in [0.1, 0.15) is 0 Å². The Labute approximate surface area is 84.1 Å². The molecule has 78 valence electrons. The van der Waals surface area contributed by atoms with Crippen LogP contribution in [0.3, 0.4) is 0 Å². The van der Waals surface area contributed by atoms with E-state index in [4.69, 9.17) is 5.73 Å². The summed E-state index contributed by atoms with van der Waals surface area (Å²) >= 11 is 0. The number of carbonyl (C=O) groups excluding carboxylic acids is 1. The Morgan fingerprint density at radius 3 is 2.71 bits per heavy atom. The van der Waals surface area contributed by atoms with Gasteiger partial charge in [-0.2, -0.15) is 5.10 Å². The number of nitrogens with zero attached hydrogens (tertiary/aromatic N) is 2. The molecule has 0 bridgehead atoms. The van der Waals surface area contributed by atoms with Crippen molar-refractivity contribution in [2.75, 3.05) is 0 Å². The molecule has 2 N–H and O–H groups in total. The van der Waals surface area contributed by atoms with Crippen LogP contribution in [0.25, 0.3) is 0 Å². The Hall–Kier alpha value is -1.16. The summed E-state index contributed by atoms with van der Waals surface area (Å²) in [6.45, 7) is 4.03. The van der Waals surface area contributed by atoms with Crippen LogP contribution in [0.5, 0.6) is 0 Å². The number of rotatable bonds is 4. The third kappa shape index (κ3) is 2.67. The normalized spacial score (nSPS) is 13.2. The summed E-state index contributed by atoms with van der Waals surface area (Å²) in [4.78, 5) is 11.6. The second-order valence-corrected chi connectivity index (χ2v) is 3.94. The van der Waals surface area contributed by atoms with E-state index in [9.17, 15) is 4.79 Å². The van der Waals surface area contributed by atoms with Gasteiger partial charge in [-0.1, -0.05) is 13.8 Å². The third-order valence-electron chi connectivity index (χ3n) is 2.30. The number of hydrogen-bond acceptors (Lipinski definition) is 3. The summed E-state index contributed by atoms with van der Waals surface area (Å²) in [6.07, 6.45) is 3.69. The van der Waals surface area contributed by atoms with Crippen LogP contribution in [0.1, 0.15) is 30.6 Å². The summed E-state index contributed by atoms with van der Waals surface area (Å²) in [6, 6.07) is -0.0669. The molecule has 1 unspecified atom stereocenters. The Balaban J connectivity index is 2.59. The highest BCUT2D eigenvalue weighted by Gasteiger charge is 2.15. The lowest BCUT2D eigenvalue weighted by atomic mass is 9.98. The Bertz CT molecular complexity index is 317. The highest BCUT2D eigenvalue weighted by molar-refractivity contribution is 5.95. The predicted octanol–water partition coefficient (Wildman–Crippen LogP) is 0.976. The van der Waals surface area contributed by atoms with Crippen LogP contribution in [0.2, 0.25) is 0 Å². The number of ketones is 1. The first kappa shape index (κ1) is 10.9. The van der Waals surface area contributed by atoms with Crippen LogP contribution in [0.4, 0.5) is 0 Å². The van der Waals surface area contributed by atoms with E-state index in [2.05, 4.69) is 5.10 Å². The molecule has 0 amide bonds. The standard InChI is InChI=1S/C10H17N3O/c1-7(2)9(11)4-10(14)8-5-12-13(3)6-8/h5-7,9H,4,11H2,1-3H3. The zero-order valence-corrected chi connectivity index (χ0v) is 8.90. The minimum atomic E-state index is -0.0669. The minimum Gasteiger partial charge on any atom is -0.327 e. The molecule has 4 heteroatoms. The van der Waals surface area contributed by atoms with Gasteiger partial charge in [-0.3, -0.25) is 9.48 Å². The van der Waals surface area contributed by atoms with E-state index in [1.807, 2.05) is 13.8 Å². The molecule has 0 aliphatic heterocycles. The number of hydrogen-bond donors (Lipinski definition) is 1. The monoisotopic (exact) mass is 195 g/mol. The Morgan fingerprint density at radius 1 is 1.64 bits per heavy atom. The van der Waals surface area contributed by atoms with Gasteiger partial charge in [0, 0.05) is 25.7 Å². The van der Waals surface area contributed by atoms with Gasteiger partial charge in [-0.05, 0) is 5.92 Å². The molecule has 1 rings (SSSR count). The van der Waals surface area contributed by atoms with Gasteiger partial charge in [-0.15, -0.1) is 0 Å². The van der Waals surface area contributed by atoms with Gasteiger partial charge in [0.15, 0.2) is 5.78 Å². The molecule has 0 radical (unpaired) electrons. The largest absolute Gasteiger partial charge is 0.327 e. The van der Waals surface area contributed by atoms with Crippen LogP contribution in [0.15, 0.2) is 12.4 Å². The van der Waals surface area contributed by atoms with Crippen LogP contribution in [-0.4, -0.2) is 21.6 Å². The van der Waals surface area contributed by atoms with Crippen LogP contribution in [-0.2, 0) is 7.05 Å². The average Bonchev–Trinajstić information content (AvgIpc) is 2.51. The van der Waals surface area contributed by atoms with Crippen molar-refractivity contribution in [2.24, 2.45) is 18.7 Å². The van der Waals surface area contributed by atoms with Gasteiger partial charge in [0.2, 0.25) is 0 Å². The minimum absolute atomic E-state index is 0.0669. The first-order valence-corrected chi connectivity index (χ1v) is 4.78. The van der Waals surface area contributed by atoms with Crippen molar-refractivity contribution in [3.8, 4) is 0 Å². The van der Waals surface area contributed by atoms with Crippen molar-refractivity contribution >= 4 is 5.78 Å². The molecular weight excluding hydrogens is 178 g/mol. The molecular formula is C10H17N3O. The summed E-state index contributed by atoms with van der Waals surface area (Å²) in [7, 11) is 1.79. The van der Waals surface area contributed by atoms with Crippen molar-refractivity contribution in [1.82, 2.24) is 9.78 Å². The molecule has 14 heavy (non-hydrogen) atoms. The van der Waals surface area contributed by atoms with Crippen molar-refractivity contribution in [1.29, 1.82) is 0 Å². The van der Waals surface area contributed by atoms with Gasteiger partial charge in [0.05, 0.1) is 11.8 Å². The van der Waals surface area contributed by atoms with Crippen molar-refractivity contribution in [3.63, 3.8) is 0 Å². The second-order valence-electron chi connectivity index (χ2n) is 3.94. The zero-order valence-electron chi connectivity index (χ0n) is 8.90. The molecule has 4 nitrogen and oxygen atoms in total. The maximum Gasteiger partial charge on any atom is 0.167 e. The third-order valence-corrected chi connectivity index (χ3v) is 2.30. The maximum absolute atomic E-state index is 11.6. The van der Waals surface area contributed by atoms with Crippen LogP contribution in [0, 0.1) is 5.92 Å². The quantitative estimate of drug-likeness (QED) is 0.728. The molecule has 0 saturated heterocycles. The molecule has 1 atom stereocenters. The van der Waals surface area contributed by atoms with E-state index in [0.717, 1.165) is 0 Å².